The lowest BCUT2D eigenvalue weighted by Crippen LogP contribution is -2.40. The fourth-order valence-corrected chi connectivity index (χ4v) is 3.04. The van der Waals surface area contributed by atoms with Crippen molar-refractivity contribution in [2.75, 3.05) is 26.8 Å². The van der Waals surface area contributed by atoms with E-state index in [9.17, 15) is 4.79 Å². The van der Waals surface area contributed by atoms with Crippen molar-refractivity contribution in [1.82, 2.24) is 4.90 Å². The Bertz CT molecular complexity index is 441. The van der Waals surface area contributed by atoms with Crippen LogP contribution in [0, 0.1) is 12.8 Å². The van der Waals surface area contributed by atoms with Crippen LogP contribution in [0.1, 0.15) is 36.8 Å². The van der Waals surface area contributed by atoms with Crippen LogP contribution in [-0.4, -0.2) is 37.6 Å². The zero-order valence-electron chi connectivity index (χ0n) is 13.3. The van der Waals surface area contributed by atoms with Crippen molar-refractivity contribution in [3.63, 3.8) is 0 Å². The Morgan fingerprint density at radius 3 is 2.81 bits per heavy atom. The van der Waals surface area contributed by atoms with E-state index in [1.165, 1.54) is 18.4 Å². The van der Waals surface area contributed by atoms with Crippen molar-refractivity contribution >= 4 is 5.91 Å². The smallest absolute Gasteiger partial charge is 0.226 e. The Hall–Kier alpha value is -1.35. The number of aryl methyl sites for hydroxylation is 1. The van der Waals surface area contributed by atoms with Gasteiger partial charge in [0.05, 0.1) is 6.42 Å². The fraction of sp³-hybridized carbons (Fsp3) is 0.611. The van der Waals surface area contributed by atoms with Gasteiger partial charge in [0.15, 0.2) is 0 Å². The summed E-state index contributed by atoms with van der Waals surface area (Å²) in [4.78, 5) is 14.5. The van der Waals surface area contributed by atoms with Crippen LogP contribution >= 0.6 is 0 Å². The highest BCUT2D eigenvalue weighted by molar-refractivity contribution is 5.78. The number of nitrogens with zero attached hydrogens (tertiary/aromatic N) is 1. The van der Waals surface area contributed by atoms with E-state index in [-0.39, 0.29) is 5.91 Å². The molecule has 21 heavy (non-hydrogen) atoms. The first kappa shape index (κ1) is 16.0. The van der Waals surface area contributed by atoms with E-state index in [2.05, 4.69) is 36.1 Å². The largest absolute Gasteiger partial charge is 0.385 e. The molecule has 0 saturated carbocycles. The van der Waals surface area contributed by atoms with Crippen LogP contribution in [0.2, 0.25) is 0 Å². The quantitative estimate of drug-likeness (QED) is 0.753. The summed E-state index contributed by atoms with van der Waals surface area (Å²) in [5.74, 6) is 0.922. The third-order valence-corrected chi connectivity index (χ3v) is 4.31. The highest BCUT2D eigenvalue weighted by atomic mass is 16.5. The molecule has 1 saturated heterocycles. The summed E-state index contributed by atoms with van der Waals surface area (Å²) >= 11 is 0. The number of rotatable bonds is 6. The summed E-state index contributed by atoms with van der Waals surface area (Å²) in [5.41, 5.74) is 2.36. The van der Waals surface area contributed by atoms with Crippen LogP contribution in [-0.2, 0) is 16.0 Å². The van der Waals surface area contributed by atoms with Crippen molar-refractivity contribution < 1.29 is 9.53 Å². The van der Waals surface area contributed by atoms with Gasteiger partial charge >= 0.3 is 0 Å². The number of ether oxygens (including phenoxy) is 1. The summed E-state index contributed by atoms with van der Waals surface area (Å²) in [7, 11) is 1.75. The van der Waals surface area contributed by atoms with Crippen LogP contribution < -0.4 is 0 Å². The molecular weight excluding hydrogens is 262 g/mol. The van der Waals surface area contributed by atoms with Gasteiger partial charge < -0.3 is 9.64 Å². The third-order valence-electron chi connectivity index (χ3n) is 4.31. The lowest BCUT2D eigenvalue weighted by Gasteiger charge is -2.33. The maximum atomic E-state index is 12.4. The van der Waals surface area contributed by atoms with Gasteiger partial charge in [0, 0.05) is 26.8 Å². The molecule has 1 aromatic carbocycles. The molecule has 0 bridgehead atoms. The Balaban J connectivity index is 1.82. The zero-order valence-corrected chi connectivity index (χ0v) is 13.3. The number of amides is 1. The topological polar surface area (TPSA) is 29.5 Å². The summed E-state index contributed by atoms with van der Waals surface area (Å²) in [6, 6.07) is 8.28. The van der Waals surface area contributed by atoms with Gasteiger partial charge in [-0.25, -0.2) is 0 Å². The first-order valence-electron chi connectivity index (χ1n) is 8.01. The maximum Gasteiger partial charge on any atom is 0.226 e. The molecule has 3 heteroatoms. The first-order chi connectivity index (χ1) is 10.2. The van der Waals surface area contributed by atoms with Crippen LogP contribution in [0.25, 0.3) is 0 Å². The number of hydrogen-bond donors (Lipinski definition) is 0. The summed E-state index contributed by atoms with van der Waals surface area (Å²) in [6.45, 7) is 4.74. The van der Waals surface area contributed by atoms with Crippen molar-refractivity contribution in [1.29, 1.82) is 0 Å². The van der Waals surface area contributed by atoms with E-state index in [4.69, 9.17) is 4.74 Å². The van der Waals surface area contributed by atoms with Gasteiger partial charge in [-0.3, -0.25) is 4.79 Å². The second-order valence-corrected chi connectivity index (χ2v) is 6.15. The predicted molar refractivity (Wildman–Crippen MR) is 85.3 cm³/mol. The third kappa shape index (κ3) is 5.16. The second-order valence-electron chi connectivity index (χ2n) is 6.15. The highest BCUT2D eigenvalue weighted by Crippen LogP contribution is 2.21. The molecule has 116 valence electrons. The molecule has 1 atom stereocenters. The molecule has 1 fully saturated rings. The minimum Gasteiger partial charge on any atom is -0.385 e. The lowest BCUT2D eigenvalue weighted by molar-refractivity contribution is -0.132. The number of methoxy groups -OCH3 is 1. The van der Waals surface area contributed by atoms with Crippen LogP contribution in [0.15, 0.2) is 24.3 Å². The highest BCUT2D eigenvalue weighted by Gasteiger charge is 2.23. The molecule has 0 spiro atoms. The standard InChI is InChI=1S/C18H27NO2/c1-15-7-9-16(10-8-15)13-18(20)19-11-3-5-17(14-19)6-4-12-21-2/h7-10,17H,3-6,11-14H2,1-2H3/t17-/m1/s1. The summed E-state index contributed by atoms with van der Waals surface area (Å²) in [6.07, 6.45) is 5.18. The molecule has 0 radical (unpaired) electrons. The monoisotopic (exact) mass is 289 g/mol. The van der Waals surface area contributed by atoms with Gasteiger partial charge in [-0.05, 0) is 44.1 Å². The Labute approximate surface area is 128 Å². The fourth-order valence-electron chi connectivity index (χ4n) is 3.04. The van der Waals surface area contributed by atoms with Gasteiger partial charge in [0.25, 0.3) is 0 Å². The summed E-state index contributed by atoms with van der Waals surface area (Å²) in [5, 5.41) is 0. The average Bonchev–Trinajstić information content (AvgIpc) is 2.50. The zero-order chi connectivity index (χ0) is 15.1. The molecule has 1 heterocycles. The first-order valence-corrected chi connectivity index (χ1v) is 8.01. The van der Waals surface area contributed by atoms with Gasteiger partial charge in [0.2, 0.25) is 5.91 Å². The molecule has 0 unspecified atom stereocenters. The van der Waals surface area contributed by atoms with E-state index in [1.54, 1.807) is 7.11 Å². The number of benzene rings is 1. The van der Waals surface area contributed by atoms with Gasteiger partial charge in [-0.2, -0.15) is 0 Å². The normalized spacial score (nSPS) is 18.8. The minimum atomic E-state index is 0.273. The molecule has 0 aliphatic carbocycles. The number of hydrogen-bond acceptors (Lipinski definition) is 2. The predicted octanol–water partition coefficient (Wildman–Crippen LogP) is 3.20. The molecule has 3 nitrogen and oxygen atoms in total. The molecule has 1 aliphatic rings. The Morgan fingerprint density at radius 2 is 2.10 bits per heavy atom. The minimum absolute atomic E-state index is 0.273. The maximum absolute atomic E-state index is 12.4. The second kappa shape index (κ2) is 8.18. The Morgan fingerprint density at radius 1 is 1.33 bits per heavy atom. The van der Waals surface area contributed by atoms with Crippen LogP contribution in [0.5, 0.6) is 0 Å². The van der Waals surface area contributed by atoms with Crippen molar-refractivity contribution in [3.05, 3.63) is 35.4 Å². The van der Waals surface area contributed by atoms with E-state index >= 15 is 0 Å². The Kier molecular flexibility index (Phi) is 6.24. The van der Waals surface area contributed by atoms with Crippen LogP contribution in [0.3, 0.4) is 0 Å². The van der Waals surface area contributed by atoms with E-state index < -0.39 is 0 Å². The molecule has 0 N–H and O–H groups in total. The number of carbonyl (C=O) groups excluding carboxylic acids is 1. The van der Waals surface area contributed by atoms with Crippen molar-refractivity contribution in [2.45, 2.75) is 39.0 Å². The van der Waals surface area contributed by atoms with E-state index in [0.29, 0.717) is 12.3 Å². The number of likely N-dealkylation sites (tertiary alicyclic amines) is 1. The van der Waals surface area contributed by atoms with Gasteiger partial charge in [0.1, 0.15) is 0 Å². The van der Waals surface area contributed by atoms with E-state index in [1.807, 2.05) is 0 Å². The van der Waals surface area contributed by atoms with E-state index in [0.717, 1.165) is 38.1 Å². The average molecular weight is 289 g/mol. The lowest BCUT2D eigenvalue weighted by atomic mass is 9.93. The number of piperidine rings is 1. The molecular formula is C18H27NO2. The molecule has 0 aromatic heterocycles. The number of carbonyl (C=O) groups is 1. The molecule has 1 aliphatic heterocycles. The van der Waals surface area contributed by atoms with Crippen LogP contribution in [0.4, 0.5) is 0 Å². The van der Waals surface area contributed by atoms with Gasteiger partial charge in [-0.1, -0.05) is 29.8 Å². The van der Waals surface area contributed by atoms with Crippen molar-refractivity contribution in [2.24, 2.45) is 5.92 Å². The summed E-state index contributed by atoms with van der Waals surface area (Å²) < 4.78 is 5.12. The molecule has 1 aromatic rings. The van der Waals surface area contributed by atoms with Gasteiger partial charge in [-0.15, -0.1) is 0 Å². The molecule has 1 amide bonds. The van der Waals surface area contributed by atoms with Crippen molar-refractivity contribution in [3.8, 4) is 0 Å². The molecule has 2 rings (SSSR count). The SMILES string of the molecule is COCCC[C@H]1CCCN(C(=O)Cc2ccc(C)cc2)C1.